The number of halogens is 1. The Balaban J connectivity index is 2.01. The van der Waals surface area contributed by atoms with E-state index in [4.69, 9.17) is 11.6 Å². The first kappa shape index (κ1) is 13.6. The van der Waals surface area contributed by atoms with Gasteiger partial charge in [0.2, 0.25) is 0 Å². The highest BCUT2D eigenvalue weighted by molar-refractivity contribution is 7.99. The maximum absolute atomic E-state index is 11.3. The Morgan fingerprint density at radius 1 is 1.67 bits per heavy atom. The van der Waals surface area contributed by atoms with Crippen LogP contribution in [0.25, 0.3) is 0 Å². The predicted octanol–water partition coefficient (Wildman–Crippen LogP) is 2.42. The van der Waals surface area contributed by atoms with Gasteiger partial charge in [-0.1, -0.05) is 11.6 Å². The van der Waals surface area contributed by atoms with Gasteiger partial charge in [-0.2, -0.15) is 0 Å². The number of thioether (sulfide) groups is 1. The summed E-state index contributed by atoms with van der Waals surface area (Å²) in [5, 5.41) is 14.0. The van der Waals surface area contributed by atoms with Gasteiger partial charge in [0.25, 0.3) is 0 Å². The van der Waals surface area contributed by atoms with E-state index in [1.165, 1.54) is 0 Å². The first-order valence-electron chi connectivity index (χ1n) is 5.76. The Hall–Kier alpha value is -0.780. The van der Waals surface area contributed by atoms with Crippen LogP contribution < -0.4 is 5.32 Å². The normalized spacial score (nSPS) is 27.3. The molecule has 2 N–H and O–H groups in total. The Morgan fingerprint density at radius 2 is 2.44 bits per heavy atom. The number of aromatic nitrogens is 1. The lowest BCUT2D eigenvalue weighted by Crippen LogP contribution is -2.48. The molecule has 1 heterocycles. The number of hydrogen-bond acceptors (Lipinski definition) is 4. The Bertz CT molecular complexity index is 440. The van der Waals surface area contributed by atoms with Gasteiger partial charge in [0.05, 0.1) is 10.0 Å². The summed E-state index contributed by atoms with van der Waals surface area (Å²) in [6.07, 6.45) is 3.77. The number of carbonyl (C=O) groups is 1. The van der Waals surface area contributed by atoms with Crippen LogP contribution in [0.1, 0.15) is 19.3 Å². The number of nitrogens with zero attached hydrogens (tertiary/aromatic N) is 1. The highest BCUT2D eigenvalue weighted by atomic mass is 35.5. The number of nitrogens with one attached hydrogen (secondary N) is 1. The van der Waals surface area contributed by atoms with Crippen LogP contribution in [0.5, 0.6) is 0 Å². The molecule has 2 unspecified atom stereocenters. The van der Waals surface area contributed by atoms with E-state index in [-0.39, 0.29) is 5.25 Å². The van der Waals surface area contributed by atoms with Crippen LogP contribution in [-0.4, -0.2) is 33.9 Å². The van der Waals surface area contributed by atoms with E-state index >= 15 is 0 Å². The minimum absolute atomic E-state index is 0.280. The molecule has 1 aromatic rings. The van der Waals surface area contributed by atoms with Crippen LogP contribution >= 0.6 is 23.4 Å². The molecule has 1 fully saturated rings. The molecule has 0 saturated heterocycles. The number of rotatable bonds is 4. The molecular formula is C12H15ClN2O2S. The largest absolute Gasteiger partial charge is 0.480 e. The van der Waals surface area contributed by atoms with Crippen LogP contribution in [0, 0.1) is 0 Å². The summed E-state index contributed by atoms with van der Waals surface area (Å²) in [4.78, 5) is 15.5. The summed E-state index contributed by atoms with van der Waals surface area (Å²) < 4.78 is 0. The van der Waals surface area contributed by atoms with E-state index in [0.717, 1.165) is 11.4 Å². The van der Waals surface area contributed by atoms with Gasteiger partial charge >= 0.3 is 5.97 Å². The first-order chi connectivity index (χ1) is 8.55. The van der Waals surface area contributed by atoms with Crippen molar-refractivity contribution >= 4 is 29.3 Å². The molecule has 98 valence electrons. The van der Waals surface area contributed by atoms with Gasteiger partial charge in [-0.3, -0.25) is 4.79 Å². The second-order valence-corrected chi connectivity index (χ2v) is 6.19. The van der Waals surface area contributed by atoms with E-state index < -0.39 is 11.5 Å². The molecule has 0 spiro atoms. The molecular weight excluding hydrogens is 272 g/mol. The summed E-state index contributed by atoms with van der Waals surface area (Å²) in [7, 11) is 1.71. The molecule has 1 aromatic heterocycles. The standard InChI is InChI=1S/C12H15ClN2O2S/c1-14-12(11(16)17)5-4-9(6-12)18-10-3-2-8(13)7-15-10/h2-3,7,9,14H,4-6H2,1H3,(H,16,17). The van der Waals surface area contributed by atoms with Crippen LogP contribution in [0.3, 0.4) is 0 Å². The summed E-state index contributed by atoms with van der Waals surface area (Å²) in [5.41, 5.74) is -0.774. The van der Waals surface area contributed by atoms with E-state index in [9.17, 15) is 9.90 Å². The zero-order valence-corrected chi connectivity index (χ0v) is 11.6. The van der Waals surface area contributed by atoms with Crippen molar-refractivity contribution in [3.8, 4) is 0 Å². The van der Waals surface area contributed by atoms with Gasteiger partial charge in [0.1, 0.15) is 5.54 Å². The van der Waals surface area contributed by atoms with Gasteiger partial charge in [-0.25, -0.2) is 4.98 Å². The molecule has 0 amide bonds. The average molecular weight is 287 g/mol. The smallest absolute Gasteiger partial charge is 0.323 e. The zero-order valence-electron chi connectivity index (χ0n) is 10.0. The molecule has 18 heavy (non-hydrogen) atoms. The maximum Gasteiger partial charge on any atom is 0.323 e. The lowest BCUT2D eigenvalue weighted by atomic mass is 9.99. The minimum Gasteiger partial charge on any atom is -0.480 e. The van der Waals surface area contributed by atoms with Crippen molar-refractivity contribution in [1.82, 2.24) is 10.3 Å². The molecule has 1 aliphatic carbocycles. The summed E-state index contributed by atoms with van der Waals surface area (Å²) >= 11 is 7.40. The SMILES string of the molecule is CNC1(C(=O)O)CCC(Sc2ccc(Cl)cn2)C1. The first-order valence-corrected chi connectivity index (χ1v) is 7.02. The molecule has 0 bridgehead atoms. The summed E-state index contributed by atoms with van der Waals surface area (Å²) in [5.74, 6) is -0.767. The van der Waals surface area contributed by atoms with Crippen LogP contribution in [-0.2, 0) is 4.79 Å². The molecule has 1 saturated carbocycles. The third-order valence-corrected chi connectivity index (χ3v) is 4.79. The second kappa shape index (κ2) is 5.47. The van der Waals surface area contributed by atoms with Gasteiger partial charge in [0.15, 0.2) is 0 Å². The van der Waals surface area contributed by atoms with Crippen molar-refractivity contribution in [3.05, 3.63) is 23.4 Å². The number of carboxylic acid groups (broad SMARTS) is 1. The lowest BCUT2D eigenvalue weighted by Gasteiger charge is -2.23. The fourth-order valence-corrected chi connectivity index (χ4v) is 3.55. The summed E-state index contributed by atoms with van der Waals surface area (Å²) in [6.45, 7) is 0. The van der Waals surface area contributed by atoms with E-state index in [0.29, 0.717) is 17.9 Å². The molecule has 6 heteroatoms. The topological polar surface area (TPSA) is 62.2 Å². The van der Waals surface area contributed by atoms with E-state index in [2.05, 4.69) is 10.3 Å². The molecule has 0 radical (unpaired) electrons. The van der Waals surface area contributed by atoms with Crippen molar-refractivity contribution in [2.75, 3.05) is 7.05 Å². The monoisotopic (exact) mass is 286 g/mol. The van der Waals surface area contributed by atoms with Gasteiger partial charge in [0, 0.05) is 11.4 Å². The number of hydrogen-bond donors (Lipinski definition) is 2. The molecule has 0 aromatic carbocycles. The molecule has 0 aliphatic heterocycles. The quantitative estimate of drug-likeness (QED) is 0.890. The van der Waals surface area contributed by atoms with Crippen molar-refractivity contribution in [3.63, 3.8) is 0 Å². The van der Waals surface area contributed by atoms with Crippen molar-refractivity contribution in [1.29, 1.82) is 0 Å². The number of aliphatic carboxylic acids is 1. The number of pyridine rings is 1. The van der Waals surface area contributed by atoms with E-state index in [1.54, 1.807) is 31.1 Å². The van der Waals surface area contributed by atoms with Crippen molar-refractivity contribution < 1.29 is 9.90 Å². The number of carboxylic acids is 1. The number of likely N-dealkylation sites (N-methyl/N-ethyl adjacent to an activating group) is 1. The molecule has 1 aliphatic rings. The average Bonchev–Trinajstić information content (AvgIpc) is 2.77. The fraction of sp³-hybridized carbons (Fsp3) is 0.500. The predicted molar refractivity (Wildman–Crippen MR) is 72.2 cm³/mol. The van der Waals surface area contributed by atoms with Crippen LogP contribution in [0.2, 0.25) is 5.02 Å². The lowest BCUT2D eigenvalue weighted by molar-refractivity contribution is -0.144. The maximum atomic E-state index is 11.3. The third-order valence-electron chi connectivity index (χ3n) is 3.34. The molecule has 4 nitrogen and oxygen atoms in total. The highest BCUT2D eigenvalue weighted by Crippen LogP contribution is 2.39. The molecule has 2 rings (SSSR count). The van der Waals surface area contributed by atoms with Gasteiger partial charge in [-0.15, -0.1) is 11.8 Å². The van der Waals surface area contributed by atoms with Gasteiger partial charge < -0.3 is 10.4 Å². The van der Waals surface area contributed by atoms with Gasteiger partial charge in [-0.05, 0) is 38.4 Å². The van der Waals surface area contributed by atoms with Crippen molar-refractivity contribution in [2.24, 2.45) is 0 Å². The Kier molecular flexibility index (Phi) is 4.14. The third kappa shape index (κ3) is 2.79. The molecule has 2 atom stereocenters. The minimum atomic E-state index is -0.774. The second-order valence-electron chi connectivity index (χ2n) is 4.43. The Morgan fingerprint density at radius 3 is 2.94 bits per heavy atom. The van der Waals surface area contributed by atoms with Crippen LogP contribution in [0.15, 0.2) is 23.4 Å². The summed E-state index contributed by atoms with van der Waals surface area (Å²) in [6, 6.07) is 3.67. The van der Waals surface area contributed by atoms with Crippen LogP contribution in [0.4, 0.5) is 0 Å². The van der Waals surface area contributed by atoms with Crippen molar-refractivity contribution in [2.45, 2.75) is 35.1 Å². The highest BCUT2D eigenvalue weighted by Gasteiger charge is 2.44. The fourth-order valence-electron chi connectivity index (χ4n) is 2.23. The zero-order chi connectivity index (χ0) is 13.2. The van der Waals surface area contributed by atoms with E-state index in [1.807, 2.05) is 6.07 Å². The Labute approximate surface area is 115 Å².